The largest absolute Gasteiger partial charge is 0.377 e. The third kappa shape index (κ3) is 6.25. The third-order valence-corrected chi connectivity index (χ3v) is 4.72. The van der Waals surface area contributed by atoms with E-state index in [4.69, 9.17) is 9.47 Å². The maximum absolute atomic E-state index is 5.70. The van der Waals surface area contributed by atoms with Gasteiger partial charge in [-0.05, 0) is 30.4 Å². The first-order valence-corrected chi connectivity index (χ1v) is 9.26. The number of halogens is 1. The molecule has 1 aromatic carbocycles. The molecule has 1 aromatic rings. The second kappa shape index (κ2) is 11.6. The Morgan fingerprint density at radius 1 is 1.35 bits per heavy atom. The molecule has 0 amide bonds. The summed E-state index contributed by atoms with van der Waals surface area (Å²) in [6.07, 6.45) is 5.92. The van der Waals surface area contributed by atoms with Gasteiger partial charge in [0.1, 0.15) is 0 Å². The average molecular weight is 471 g/mol. The van der Waals surface area contributed by atoms with Gasteiger partial charge in [0, 0.05) is 33.3 Å². The number of aliphatic imine (C=N–C) groups is 1. The van der Waals surface area contributed by atoms with E-state index < -0.39 is 0 Å². The highest BCUT2D eigenvalue weighted by Crippen LogP contribution is 2.21. The number of rotatable bonds is 6. The summed E-state index contributed by atoms with van der Waals surface area (Å²) in [6.45, 7) is 4.90. The highest BCUT2D eigenvalue weighted by Gasteiger charge is 2.17. The first-order valence-electron chi connectivity index (χ1n) is 9.26. The van der Waals surface area contributed by atoms with Crippen LogP contribution in [0.15, 0.2) is 41.4 Å². The number of ether oxygens (including phenoxy) is 2. The lowest BCUT2D eigenvalue weighted by Crippen LogP contribution is -2.44. The summed E-state index contributed by atoms with van der Waals surface area (Å²) in [7, 11) is 1.84. The van der Waals surface area contributed by atoms with Gasteiger partial charge in [0.15, 0.2) is 5.96 Å². The van der Waals surface area contributed by atoms with Gasteiger partial charge in [-0.2, -0.15) is 0 Å². The predicted octanol–water partition coefficient (Wildman–Crippen LogP) is 3.16. The summed E-state index contributed by atoms with van der Waals surface area (Å²) >= 11 is 0. The van der Waals surface area contributed by atoms with Crippen LogP contribution in [0.2, 0.25) is 0 Å². The number of nitrogens with zero attached hydrogens (tertiary/aromatic N) is 2. The molecule has 0 aromatic heterocycles. The molecular formula is C20H30IN3O2. The van der Waals surface area contributed by atoms with Crippen LogP contribution >= 0.6 is 24.0 Å². The lowest BCUT2D eigenvalue weighted by atomic mass is 10.00. The van der Waals surface area contributed by atoms with Crippen LogP contribution in [-0.2, 0) is 9.47 Å². The Hall–Kier alpha value is -1.12. The summed E-state index contributed by atoms with van der Waals surface area (Å²) in [5, 5.41) is 3.40. The molecule has 1 fully saturated rings. The molecule has 6 heteroatoms. The molecule has 0 radical (unpaired) electrons. The second-order valence-corrected chi connectivity index (χ2v) is 6.48. The number of hydrogen-bond donors (Lipinski definition) is 1. The lowest BCUT2D eigenvalue weighted by Gasteiger charge is -2.29. The maximum Gasteiger partial charge on any atom is 0.194 e. The highest BCUT2D eigenvalue weighted by molar-refractivity contribution is 14.0. The Kier molecular flexibility index (Phi) is 9.42. The van der Waals surface area contributed by atoms with Gasteiger partial charge in [-0.1, -0.05) is 36.4 Å². The topological polar surface area (TPSA) is 46.1 Å². The summed E-state index contributed by atoms with van der Waals surface area (Å²) in [4.78, 5) is 6.69. The van der Waals surface area contributed by atoms with Gasteiger partial charge in [0.25, 0.3) is 0 Å². The molecule has 0 saturated carbocycles. The van der Waals surface area contributed by atoms with E-state index in [1.807, 2.05) is 7.05 Å². The summed E-state index contributed by atoms with van der Waals surface area (Å²) in [5.41, 5.74) is 2.75. The molecule has 2 aliphatic heterocycles. The van der Waals surface area contributed by atoms with Gasteiger partial charge < -0.3 is 19.7 Å². The van der Waals surface area contributed by atoms with Crippen LogP contribution in [0.5, 0.6) is 0 Å². The van der Waals surface area contributed by atoms with E-state index in [1.54, 1.807) is 0 Å². The first kappa shape index (κ1) is 21.2. The van der Waals surface area contributed by atoms with Crippen molar-refractivity contribution in [2.45, 2.75) is 25.4 Å². The molecule has 1 unspecified atom stereocenters. The van der Waals surface area contributed by atoms with Crippen LogP contribution in [0.1, 0.15) is 24.8 Å². The fourth-order valence-electron chi connectivity index (χ4n) is 3.33. The monoisotopic (exact) mass is 471 g/mol. The van der Waals surface area contributed by atoms with E-state index in [9.17, 15) is 0 Å². The zero-order chi connectivity index (χ0) is 17.3. The molecule has 0 bridgehead atoms. The van der Waals surface area contributed by atoms with Crippen LogP contribution in [0, 0.1) is 0 Å². The van der Waals surface area contributed by atoms with Crippen LogP contribution in [-0.4, -0.2) is 63.5 Å². The van der Waals surface area contributed by atoms with E-state index in [1.165, 1.54) is 11.1 Å². The molecule has 1 saturated heterocycles. The second-order valence-electron chi connectivity index (χ2n) is 6.48. The van der Waals surface area contributed by atoms with E-state index in [0.29, 0.717) is 19.3 Å². The number of benzene rings is 1. The van der Waals surface area contributed by atoms with Crippen LogP contribution in [0.25, 0.3) is 5.57 Å². The minimum absolute atomic E-state index is 0. The molecule has 144 valence electrons. The van der Waals surface area contributed by atoms with E-state index in [0.717, 1.165) is 51.5 Å². The van der Waals surface area contributed by atoms with Crippen molar-refractivity contribution >= 4 is 35.5 Å². The van der Waals surface area contributed by atoms with Crippen LogP contribution in [0.4, 0.5) is 0 Å². The lowest BCUT2D eigenvalue weighted by molar-refractivity contribution is 0.0190. The molecule has 2 aliphatic rings. The van der Waals surface area contributed by atoms with Crippen molar-refractivity contribution in [3.05, 3.63) is 42.0 Å². The normalized spacial score (nSPS) is 20.5. The Balaban J connectivity index is 0.00000243. The average Bonchev–Trinajstić information content (AvgIpc) is 3.19. The predicted molar refractivity (Wildman–Crippen MR) is 117 cm³/mol. The van der Waals surface area contributed by atoms with Crippen molar-refractivity contribution in [2.24, 2.45) is 4.99 Å². The Bertz CT molecular complexity index is 586. The molecular weight excluding hydrogens is 441 g/mol. The van der Waals surface area contributed by atoms with Crippen molar-refractivity contribution in [2.75, 3.05) is 46.5 Å². The fraction of sp³-hybridized carbons (Fsp3) is 0.550. The fourth-order valence-corrected chi connectivity index (χ4v) is 3.33. The zero-order valence-electron chi connectivity index (χ0n) is 15.5. The van der Waals surface area contributed by atoms with Crippen molar-refractivity contribution in [3.8, 4) is 0 Å². The van der Waals surface area contributed by atoms with Gasteiger partial charge in [-0.25, -0.2) is 0 Å². The molecule has 2 heterocycles. The highest BCUT2D eigenvalue weighted by atomic mass is 127. The Labute approximate surface area is 173 Å². The zero-order valence-corrected chi connectivity index (χ0v) is 17.9. The molecule has 3 rings (SSSR count). The van der Waals surface area contributed by atoms with Gasteiger partial charge in [-0.3, -0.25) is 4.99 Å². The smallest absolute Gasteiger partial charge is 0.194 e. The molecule has 26 heavy (non-hydrogen) atoms. The molecule has 1 N–H and O–H groups in total. The van der Waals surface area contributed by atoms with Crippen molar-refractivity contribution < 1.29 is 9.47 Å². The quantitative estimate of drug-likeness (QED) is 0.300. The molecule has 0 aliphatic carbocycles. The third-order valence-electron chi connectivity index (χ3n) is 4.72. The van der Waals surface area contributed by atoms with Crippen molar-refractivity contribution in [1.82, 2.24) is 10.2 Å². The van der Waals surface area contributed by atoms with Crippen LogP contribution in [0.3, 0.4) is 0 Å². The molecule has 0 spiro atoms. The summed E-state index contributed by atoms with van der Waals surface area (Å²) in [6, 6.07) is 10.6. The number of hydrogen-bond acceptors (Lipinski definition) is 3. The van der Waals surface area contributed by atoms with Crippen molar-refractivity contribution in [1.29, 1.82) is 0 Å². The van der Waals surface area contributed by atoms with Crippen molar-refractivity contribution in [3.63, 3.8) is 0 Å². The van der Waals surface area contributed by atoms with Gasteiger partial charge >= 0.3 is 0 Å². The van der Waals surface area contributed by atoms with E-state index in [2.05, 4.69) is 51.6 Å². The minimum atomic E-state index is 0. The van der Waals surface area contributed by atoms with Crippen LogP contribution < -0.4 is 5.32 Å². The van der Waals surface area contributed by atoms with E-state index >= 15 is 0 Å². The molecule has 1 atom stereocenters. The van der Waals surface area contributed by atoms with E-state index in [-0.39, 0.29) is 24.0 Å². The Morgan fingerprint density at radius 2 is 2.19 bits per heavy atom. The van der Waals surface area contributed by atoms with Gasteiger partial charge in [0.2, 0.25) is 0 Å². The number of guanidine groups is 1. The maximum atomic E-state index is 5.70. The summed E-state index contributed by atoms with van der Waals surface area (Å²) in [5.74, 6) is 0.948. The number of nitrogens with one attached hydrogen (secondary N) is 1. The van der Waals surface area contributed by atoms with Gasteiger partial charge in [-0.15, -0.1) is 24.0 Å². The SMILES string of the molecule is CN=C(NCCOCC1CCCO1)N1CC=C(c2ccccc2)CC1.I. The summed E-state index contributed by atoms with van der Waals surface area (Å²) < 4.78 is 11.3. The first-order chi connectivity index (χ1) is 12.4. The van der Waals surface area contributed by atoms with Gasteiger partial charge in [0.05, 0.1) is 19.3 Å². The Morgan fingerprint density at radius 3 is 2.85 bits per heavy atom. The standard InChI is InChI=1S/C20H29N3O2.HI/c1-21-20(22-11-15-24-16-19-8-5-14-25-19)23-12-9-18(10-13-23)17-6-3-2-4-7-17;/h2-4,6-7,9,19H,5,8,10-16H2,1H3,(H,21,22);1H. The molecule has 5 nitrogen and oxygen atoms in total. The minimum Gasteiger partial charge on any atom is -0.377 e.